The number of allylic oxidation sites excluding steroid dienone is 1. The zero-order chi connectivity index (χ0) is 51.3. The third-order valence-electron chi connectivity index (χ3n) is 10.5. The average molecular weight is 1020 g/mol. The molecule has 0 aliphatic carbocycles. The highest BCUT2D eigenvalue weighted by Crippen LogP contribution is 2.42. The maximum atomic E-state index is 13.9. The fourth-order valence-corrected chi connectivity index (χ4v) is 6.86. The van der Waals surface area contributed by atoms with Crippen molar-refractivity contribution in [3.63, 3.8) is 0 Å². The lowest BCUT2D eigenvalue weighted by atomic mass is 10.1. The van der Waals surface area contributed by atoms with Crippen LogP contribution in [0, 0.1) is 0 Å². The Morgan fingerprint density at radius 2 is 0.958 bits per heavy atom. The van der Waals surface area contributed by atoms with Crippen molar-refractivity contribution in [2.75, 3.05) is 147 Å². The minimum absolute atomic E-state index is 0.108. The topological polar surface area (TPSA) is 178 Å². The number of aromatic amines is 2. The van der Waals surface area contributed by atoms with Gasteiger partial charge in [-0.15, -0.1) is 0 Å². The zero-order valence-electron chi connectivity index (χ0n) is 42.5. The maximum absolute atomic E-state index is 13.9. The normalized spacial score (nSPS) is 11.6. The van der Waals surface area contributed by atoms with Crippen LogP contribution >= 0.6 is 0 Å². The molecule has 4 aromatic rings. The minimum Gasteiger partial charge on any atom is -0.503 e. The molecule has 2 aromatic carbocycles. The Morgan fingerprint density at radius 3 is 1.51 bits per heavy atom. The first-order chi connectivity index (χ1) is 35.4. The van der Waals surface area contributed by atoms with E-state index in [2.05, 4.69) is 16.9 Å². The first kappa shape index (κ1) is 59.5. The highest BCUT2D eigenvalue weighted by atomic mass is 19.2. The summed E-state index contributed by atoms with van der Waals surface area (Å²) in [5, 5.41) is 0. The smallest absolute Gasteiger partial charge is 0.503 e. The van der Waals surface area contributed by atoms with E-state index in [-0.39, 0.29) is 56.8 Å². The predicted octanol–water partition coefficient (Wildman–Crippen LogP) is 8.76. The number of ether oxygens (including phenoxy) is 13. The van der Waals surface area contributed by atoms with E-state index in [4.69, 9.17) is 66.2 Å². The summed E-state index contributed by atoms with van der Waals surface area (Å²) < 4.78 is 106. The van der Waals surface area contributed by atoms with Gasteiger partial charge in [0.2, 0.25) is 11.5 Å². The van der Waals surface area contributed by atoms with Gasteiger partial charge < -0.3 is 76.2 Å². The van der Waals surface area contributed by atoms with Gasteiger partial charge in [-0.05, 0) is 55.0 Å². The SMILES string of the molecule is CCCCCCCCOc1ccccc1-c1ccc(/C(=C/C(=O)c2ccc(-c3cc(OCCOCCOCCOC)c(OCCOCCOCCOC)c(OCCOCCOCCOC)c3)[nH]2)OB(F)F)[nH]1. The van der Waals surface area contributed by atoms with Gasteiger partial charge >= 0.3 is 7.47 Å². The van der Waals surface area contributed by atoms with Gasteiger partial charge in [-0.25, -0.2) is 8.63 Å². The first-order valence-corrected chi connectivity index (χ1v) is 24.7. The van der Waals surface area contributed by atoms with Gasteiger partial charge in [0.05, 0.1) is 117 Å². The van der Waals surface area contributed by atoms with E-state index in [1.807, 2.05) is 24.3 Å². The number of rotatable bonds is 45. The fourth-order valence-electron chi connectivity index (χ4n) is 6.86. The second-order valence-corrected chi connectivity index (χ2v) is 15.9. The summed E-state index contributed by atoms with van der Waals surface area (Å²) in [6.07, 6.45) is 7.80. The number of nitrogens with one attached hydrogen (secondary N) is 2. The summed E-state index contributed by atoms with van der Waals surface area (Å²) in [6.45, 7) is 8.92. The summed E-state index contributed by atoms with van der Waals surface area (Å²) >= 11 is 0. The van der Waals surface area contributed by atoms with Gasteiger partial charge in [-0.1, -0.05) is 51.2 Å². The van der Waals surface area contributed by atoms with Crippen molar-refractivity contribution in [3.05, 3.63) is 78.1 Å². The number of para-hydroxylation sites is 1. The van der Waals surface area contributed by atoms with Crippen molar-refractivity contribution in [2.45, 2.75) is 45.4 Å². The van der Waals surface area contributed by atoms with Crippen LogP contribution in [0.4, 0.5) is 8.63 Å². The molecule has 0 spiro atoms. The highest BCUT2D eigenvalue weighted by Gasteiger charge is 2.24. The molecular formula is C52H75BF2N2O15. The lowest BCUT2D eigenvalue weighted by Crippen LogP contribution is -2.15. The van der Waals surface area contributed by atoms with Crippen LogP contribution in [-0.2, 0) is 47.3 Å². The minimum atomic E-state index is -3.20. The monoisotopic (exact) mass is 1020 g/mol. The number of benzene rings is 2. The summed E-state index contributed by atoms with van der Waals surface area (Å²) in [7, 11) is 1.62. The standard InChI is InChI=1S/C52H75BF2N2O15/c1-5-6-7-8-9-12-19-68-48-14-11-10-13-42(48)44-16-18-46(57-44)49(72-53(54)55)40-47(58)45-17-15-43(56-45)41-38-50(69-35-32-65-29-26-62-23-20-59-2)52(71-37-34-67-31-28-64-25-22-61-4)51(39-41)70-36-33-66-30-27-63-24-21-60-3/h10-11,13-18,38-40,56-57H,5-9,12,19-37H2,1-4H3/b49-40-. The van der Waals surface area contributed by atoms with Crippen molar-refractivity contribution in [3.8, 4) is 45.5 Å². The number of methoxy groups -OCH3 is 3. The van der Waals surface area contributed by atoms with Gasteiger partial charge in [-0.2, -0.15) is 0 Å². The van der Waals surface area contributed by atoms with Crippen LogP contribution in [0.2, 0.25) is 0 Å². The van der Waals surface area contributed by atoms with E-state index in [9.17, 15) is 13.4 Å². The van der Waals surface area contributed by atoms with E-state index < -0.39 is 13.3 Å². The molecule has 72 heavy (non-hydrogen) atoms. The van der Waals surface area contributed by atoms with Crippen molar-refractivity contribution in [1.82, 2.24) is 9.97 Å². The maximum Gasteiger partial charge on any atom is 0.796 e. The molecule has 0 aliphatic rings. The molecule has 2 heterocycles. The van der Waals surface area contributed by atoms with Crippen LogP contribution in [0.1, 0.15) is 61.6 Å². The van der Waals surface area contributed by atoms with Gasteiger partial charge in [0.25, 0.3) is 0 Å². The molecule has 0 saturated heterocycles. The van der Waals surface area contributed by atoms with Crippen molar-refractivity contribution >= 4 is 19.0 Å². The van der Waals surface area contributed by atoms with Crippen LogP contribution in [0.5, 0.6) is 23.0 Å². The molecular weight excluding hydrogens is 941 g/mol. The lowest BCUT2D eigenvalue weighted by molar-refractivity contribution is 0.0146. The Balaban J connectivity index is 1.55. The third-order valence-corrected chi connectivity index (χ3v) is 10.5. The van der Waals surface area contributed by atoms with E-state index >= 15 is 0 Å². The molecule has 20 heteroatoms. The number of halogens is 2. The molecule has 0 bridgehead atoms. The molecule has 0 unspecified atom stereocenters. The molecule has 2 aromatic heterocycles. The van der Waals surface area contributed by atoms with Crippen LogP contribution in [0.3, 0.4) is 0 Å². The summed E-state index contributed by atoms with van der Waals surface area (Å²) in [5.74, 6) is 0.655. The number of H-pyrrole nitrogens is 2. The molecule has 17 nitrogen and oxygen atoms in total. The fraction of sp³-hybridized carbons (Fsp3) is 0.558. The molecule has 0 fully saturated rings. The average Bonchev–Trinajstić information content (AvgIpc) is 4.09. The summed E-state index contributed by atoms with van der Waals surface area (Å²) in [5.41, 5.74) is 2.70. The molecule has 2 N–H and O–H groups in total. The number of hydrogen-bond donors (Lipinski definition) is 2. The van der Waals surface area contributed by atoms with Gasteiger partial charge in [0.15, 0.2) is 11.5 Å². The summed E-state index contributed by atoms with van der Waals surface area (Å²) in [6, 6.07) is 17.5. The Kier molecular flexibility index (Phi) is 31.2. The Morgan fingerprint density at radius 1 is 0.500 bits per heavy atom. The molecule has 0 atom stereocenters. The second-order valence-electron chi connectivity index (χ2n) is 15.9. The van der Waals surface area contributed by atoms with E-state index in [1.54, 1.807) is 57.7 Å². The van der Waals surface area contributed by atoms with Crippen molar-refractivity contribution in [1.29, 1.82) is 0 Å². The molecule has 0 amide bonds. The number of aromatic nitrogens is 2. The van der Waals surface area contributed by atoms with Crippen LogP contribution in [-0.4, -0.2) is 170 Å². The number of carbonyl (C=O) groups excluding carboxylic acids is 1. The Hall–Kier alpha value is -5.03. The first-order valence-electron chi connectivity index (χ1n) is 24.7. The van der Waals surface area contributed by atoms with E-state index in [0.717, 1.165) is 30.9 Å². The third kappa shape index (κ3) is 23.7. The zero-order valence-corrected chi connectivity index (χ0v) is 42.5. The Labute approximate surface area is 423 Å². The molecule has 0 saturated carbocycles. The van der Waals surface area contributed by atoms with Gasteiger partial charge in [0, 0.05) is 49.9 Å². The molecule has 4 rings (SSSR count). The lowest BCUT2D eigenvalue weighted by Gasteiger charge is -2.19. The van der Waals surface area contributed by atoms with Crippen LogP contribution < -0.4 is 18.9 Å². The molecule has 0 radical (unpaired) electrons. The van der Waals surface area contributed by atoms with Crippen molar-refractivity contribution in [2.24, 2.45) is 0 Å². The van der Waals surface area contributed by atoms with E-state index in [0.29, 0.717) is 126 Å². The highest BCUT2D eigenvalue weighted by molar-refractivity contribution is 6.36. The quantitative estimate of drug-likeness (QED) is 0.0141. The molecule has 400 valence electrons. The second kappa shape index (κ2) is 37.7. The van der Waals surface area contributed by atoms with Crippen LogP contribution in [0.15, 0.2) is 66.7 Å². The van der Waals surface area contributed by atoms with Crippen molar-refractivity contribution < 1.29 is 79.7 Å². The largest absolute Gasteiger partial charge is 0.796 e. The Bertz CT molecular complexity index is 2030. The summed E-state index contributed by atoms with van der Waals surface area (Å²) in [4.78, 5) is 20.1. The van der Waals surface area contributed by atoms with Gasteiger partial charge in [0.1, 0.15) is 31.3 Å². The number of ketones is 1. The number of hydrogen-bond acceptors (Lipinski definition) is 15. The van der Waals surface area contributed by atoms with Crippen LogP contribution in [0.25, 0.3) is 28.3 Å². The van der Waals surface area contributed by atoms with Gasteiger partial charge in [-0.3, -0.25) is 4.79 Å². The van der Waals surface area contributed by atoms with E-state index in [1.165, 1.54) is 19.3 Å². The number of unbranched alkanes of at least 4 members (excludes halogenated alkanes) is 5. The number of carbonyl (C=O) groups is 1. The predicted molar refractivity (Wildman–Crippen MR) is 270 cm³/mol. The molecule has 0 aliphatic heterocycles.